The van der Waals surface area contributed by atoms with Gasteiger partial charge < -0.3 is 14.2 Å². The van der Waals surface area contributed by atoms with E-state index in [0.29, 0.717) is 22.5 Å². The van der Waals surface area contributed by atoms with Gasteiger partial charge in [0.15, 0.2) is 11.3 Å². The molecule has 0 radical (unpaired) electrons. The van der Waals surface area contributed by atoms with Crippen LogP contribution in [0.3, 0.4) is 0 Å². The summed E-state index contributed by atoms with van der Waals surface area (Å²) in [6.07, 6.45) is -0.677. The van der Waals surface area contributed by atoms with Gasteiger partial charge in [0.05, 0.1) is 7.11 Å². The first-order valence-electron chi connectivity index (χ1n) is 6.10. The average molecular weight is 309 g/mol. The van der Waals surface area contributed by atoms with Gasteiger partial charge in [-0.15, -0.1) is 10.2 Å². The highest BCUT2D eigenvalue weighted by Gasteiger charge is 2.14. The van der Waals surface area contributed by atoms with E-state index in [-0.39, 0.29) is 0 Å². The molecule has 6 nitrogen and oxygen atoms in total. The van der Waals surface area contributed by atoms with Gasteiger partial charge in [0.25, 0.3) is 0 Å². The van der Waals surface area contributed by atoms with Crippen LogP contribution in [0.15, 0.2) is 36.4 Å². The monoisotopic (exact) mass is 308 g/mol. The molecular formula is C14H13ClN2O4. The summed E-state index contributed by atoms with van der Waals surface area (Å²) in [7, 11) is 1.31. The fourth-order valence-corrected chi connectivity index (χ4v) is 1.58. The maximum absolute atomic E-state index is 11.3. The van der Waals surface area contributed by atoms with Gasteiger partial charge in [0.1, 0.15) is 11.5 Å². The second-order valence-electron chi connectivity index (χ2n) is 4.05. The van der Waals surface area contributed by atoms with Crippen LogP contribution in [0.25, 0.3) is 0 Å². The highest BCUT2D eigenvalue weighted by atomic mass is 35.5. The highest BCUT2D eigenvalue weighted by molar-refractivity contribution is 6.29. The fraction of sp³-hybridized carbons (Fsp3) is 0.214. The summed E-state index contributed by atoms with van der Waals surface area (Å²) in [5.74, 6) is 0.981. The molecule has 1 aromatic carbocycles. The number of hydrogen-bond donors (Lipinski definition) is 0. The summed E-state index contributed by atoms with van der Waals surface area (Å²) >= 11 is 5.64. The summed E-state index contributed by atoms with van der Waals surface area (Å²) < 4.78 is 15.5. The molecule has 1 heterocycles. The molecule has 0 aliphatic heterocycles. The number of rotatable bonds is 5. The number of methoxy groups -OCH3 is 1. The van der Waals surface area contributed by atoms with Crippen LogP contribution in [0.5, 0.6) is 17.4 Å². The minimum absolute atomic E-state index is 0.294. The minimum atomic E-state index is -0.677. The molecule has 7 heteroatoms. The first-order valence-corrected chi connectivity index (χ1v) is 6.48. The molecule has 1 atom stereocenters. The first kappa shape index (κ1) is 15.1. The topological polar surface area (TPSA) is 70.5 Å². The third-order valence-electron chi connectivity index (χ3n) is 2.50. The quantitative estimate of drug-likeness (QED) is 0.791. The van der Waals surface area contributed by atoms with Gasteiger partial charge in [-0.05, 0) is 37.3 Å². The van der Waals surface area contributed by atoms with Crippen molar-refractivity contribution >= 4 is 17.6 Å². The van der Waals surface area contributed by atoms with Crippen molar-refractivity contribution in [3.8, 4) is 17.4 Å². The number of aromatic nitrogens is 2. The summed E-state index contributed by atoms with van der Waals surface area (Å²) in [6.45, 7) is 1.61. The molecular weight excluding hydrogens is 296 g/mol. The SMILES string of the molecule is COC(=O)C(C)Oc1ccc(Oc2ccc(Cl)nn2)cc1. The number of carbonyl (C=O) groups is 1. The van der Waals surface area contributed by atoms with Gasteiger partial charge in [-0.3, -0.25) is 0 Å². The molecule has 0 aliphatic rings. The zero-order valence-electron chi connectivity index (χ0n) is 11.4. The predicted molar refractivity (Wildman–Crippen MR) is 75.7 cm³/mol. The Morgan fingerprint density at radius 2 is 1.76 bits per heavy atom. The normalized spacial score (nSPS) is 11.6. The zero-order chi connectivity index (χ0) is 15.2. The van der Waals surface area contributed by atoms with Gasteiger partial charge in [0.2, 0.25) is 5.88 Å². The maximum atomic E-state index is 11.3. The summed E-state index contributed by atoms with van der Waals surface area (Å²) in [5.41, 5.74) is 0. The number of ether oxygens (including phenoxy) is 3. The van der Waals surface area contributed by atoms with Crippen LogP contribution in [0.4, 0.5) is 0 Å². The number of esters is 1. The summed E-state index contributed by atoms with van der Waals surface area (Å²) in [4.78, 5) is 11.3. The average Bonchev–Trinajstić information content (AvgIpc) is 2.50. The van der Waals surface area contributed by atoms with E-state index in [1.807, 2.05) is 0 Å². The molecule has 21 heavy (non-hydrogen) atoms. The van der Waals surface area contributed by atoms with Crippen molar-refractivity contribution in [2.24, 2.45) is 0 Å². The van der Waals surface area contributed by atoms with Crippen molar-refractivity contribution in [3.63, 3.8) is 0 Å². The minimum Gasteiger partial charge on any atom is -0.479 e. The lowest BCUT2D eigenvalue weighted by Gasteiger charge is -2.12. The van der Waals surface area contributed by atoms with Crippen LogP contribution >= 0.6 is 11.6 Å². The van der Waals surface area contributed by atoms with Crippen molar-refractivity contribution < 1.29 is 19.0 Å². The third kappa shape index (κ3) is 4.32. The Kier molecular flexibility index (Phi) is 4.94. The Labute approximate surface area is 126 Å². The molecule has 0 saturated carbocycles. The van der Waals surface area contributed by atoms with Crippen LogP contribution in [0.1, 0.15) is 6.92 Å². The van der Waals surface area contributed by atoms with Crippen molar-refractivity contribution in [1.29, 1.82) is 0 Å². The number of nitrogens with zero attached hydrogens (tertiary/aromatic N) is 2. The standard InChI is InChI=1S/C14H13ClN2O4/c1-9(14(18)19-2)20-10-3-5-11(6-4-10)21-13-8-7-12(15)16-17-13/h3-9H,1-2H3. The number of carbonyl (C=O) groups excluding carboxylic acids is 1. The molecule has 0 amide bonds. The molecule has 1 aromatic heterocycles. The van der Waals surface area contributed by atoms with E-state index in [1.54, 1.807) is 43.3 Å². The second-order valence-corrected chi connectivity index (χ2v) is 4.44. The molecule has 0 bridgehead atoms. The van der Waals surface area contributed by atoms with Crippen molar-refractivity contribution in [3.05, 3.63) is 41.6 Å². The fourth-order valence-electron chi connectivity index (χ4n) is 1.48. The first-order chi connectivity index (χ1) is 10.1. The van der Waals surface area contributed by atoms with E-state index in [1.165, 1.54) is 7.11 Å². The zero-order valence-corrected chi connectivity index (χ0v) is 12.2. The molecule has 2 rings (SSSR count). The highest BCUT2D eigenvalue weighted by Crippen LogP contribution is 2.23. The van der Waals surface area contributed by atoms with E-state index in [2.05, 4.69) is 14.9 Å². The van der Waals surface area contributed by atoms with Gasteiger partial charge in [-0.25, -0.2) is 4.79 Å². The number of hydrogen-bond acceptors (Lipinski definition) is 6. The lowest BCUT2D eigenvalue weighted by atomic mass is 10.3. The van der Waals surface area contributed by atoms with Gasteiger partial charge >= 0.3 is 5.97 Å². The van der Waals surface area contributed by atoms with E-state index in [4.69, 9.17) is 21.1 Å². The van der Waals surface area contributed by atoms with Crippen LogP contribution in [-0.2, 0) is 9.53 Å². The van der Waals surface area contributed by atoms with Crippen LogP contribution in [-0.4, -0.2) is 29.4 Å². The number of benzene rings is 1. The van der Waals surface area contributed by atoms with Crippen molar-refractivity contribution in [1.82, 2.24) is 10.2 Å². The van der Waals surface area contributed by atoms with E-state index < -0.39 is 12.1 Å². The molecule has 110 valence electrons. The Hall–Kier alpha value is -2.34. The van der Waals surface area contributed by atoms with E-state index >= 15 is 0 Å². The Morgan fingerprint density at radius 3 is 2.33 bits per heavy atom. The Bertz CT molecular complexity index is 601. The Morgan fingerprint density at radius 1 is 1.10 bits per heavy atom. The third-order valence-corrected chi connectivity index (χ3v) is 2.70. The largest absolute Gasteiger partial charge is 0.479 e. The molecule has 0 fully saturated rings. The Balaban J connectivity index is 1.98. The predicted octanol–water partition coefficient (Wildman–Crippen LogP) is 2.86. The van der Waals surface area contributed by atoms with Gasteiger partial charge in [-0.1, -0.05) is 11.6 Å². The molecule has 2 aromatic rings. The van der Waals surface area contributed by atoms with Crippen molar-refractivity contribution in [2.75, 3.05) is 7.11 Å². The lowest BCUT2D eigenvalue weighted by Crippen LogP contribution is -2.24. The lowest BCUT2D eigenvalue weighted by molar-refractivity contribution is -0.147. The van der Waals surface area contributed by atoms with Crippen LogP contribution < -0.4 is 9.47 Å². The molecule has 0 aliphatic carbocycles. The van der Waals surface area contributed by atoms with Crippen molar-refractivity contribution in [2.45, 2.75) is 13.0 Å². The van der Waals surface area contributed by atoms with Gasteiger partial charge in [-0.2, -0.15) is 0 Å². The summed E-state index contributed by atoms with van der Waals surface area (Å²) in [5, 5.41) is 7.75. The molecule has 0 N–H and O–H groups in total. The smallest absolute Gasteiger partial charge is 0.346 e. The van der Waals surface area contributed by atoms with E-state index in [0.717, 1.165) is 0 Å². The maximum Gasteiger partial charge on any atom is 0.346 e. The molecule has 1 unspecified atom stereocenters. The number of halogens is 1. The van der Waals surface area contributed by atoms with Crippen LogP contribution in [0.2, 0.25) is 5.15 Å². The molecule has 0 spiro atoms. The second kappa shape index (κ2) is 6.90. The van der Waals surface area contributed by atoms with Crippen LogP contribution in [0, 0.1) is 0 Å². The van der Waals surface area contributed by atoms with E-state index in [9.17, 15) is 4.79 Å². The van der Waals surface area contributed by atoms with Gasteiger partial charge in [0, 0.05) is 6.07 Å². The molecule has 0 saturated heterocycles. The summed E-state index contributed by atoms with van der Waals surface area (Å²) in [6, 6.07) is 9.93.